The molecule has 0 radical (unpaired) electrons. The molecule has 2 aromatic rings. The number of unbranched alkanes of at least 4 members (excludes halogenated alkanes) is 1. The molecule has 84 valence electrons. The van der Waals surface area contributed by atoms with Gasteiger partial charge in [-0.2, -0.15) is 0 Å². The van der Waals surface area contributed by atoms with Crippen molar-refractivity contribution < 1.29 is 0 Å². The van der Waals surface area contributed by atoms with E-state index in [0.717, 1.165) is 21.8 Å². The predicted octanol–water partition coefficient (Wildman–Crippen LogP) is 3.10. The number of aromatic nitrogens is 2. The van der Waals surface area contributed by atoms with Gasteiger partial charge in [-0.1, -0.05) is 25.5 Å². The number of thioether (sulfide) groups is 1. The third-order valence-corrected chi connectivity index (χ3v) is 3.37. The van der Waals surface area contributed by atoms with E-state index in [0.29, 0.717) is 5.82 Å². The molecule has 0 spiro atoms. The van der Waals surface area contributed by atoms with Crippen molar-refractivity contribution in [3.8, 4) is 0 Å². The molecule has 0 aliphatic rings. The van der Waals surface area contributed by atoms with Crippen molar-refractivity contribution in [1.82, 2.24) is 9.97 Å². The Hall–Kier alpha value is -1.29. The molecule has 0 unspecified atom stereocenters. The Morgan fingerprint density at radius 1 is 1.19 bits per heavy atom. The van der Waals surface area contributed by atoms with Crippen LogP contribution in [0.4, 0.5) is 5.82 Å². The normalized spacial score (nSPS) is 10.8. The molecule has 0 fully saturated rings. The average Bonchev–Trinajstić information content (AvgIpc) is 2.30. The minimum atomic E-state index is 0.541. The molecule has 0 aliphatic heterocycles. The number of para-hydroxylation sites is 2. The minimum absolute atomic E-state index is 0.541. The van der Waals surface area contributed by atoms with Gasteiger partial charge in [0.25, 0.3) is 0 Å². The summed E-state index contributed by atoms with van der Waals surface area (Å²) in [6.45, 7) is 2.18. The highest BCUT2D eigenvalue weighted by Gasteiger charge is 2.05. The molecule has 0 aliphatic carbocycles. The summed E-state index contributed by atoms with van der Waals surface area (Å²) in [5.41, 5.74) is 7.65. The van der Waals surface area contributed by atoms with Crippen LogP contribution in [0.25, 0.3) is 11.0 Å². The Balaban J connectivity index is 2.27. The summed E-state index contributed by atoms with van der Waals surface area (Å²) < 4.78 is 0. The van der Waals surface area contributed by atoms with Crippen molar-refractivity contribution in [3.63, 3.8) is 0 Å². The third-order valence-electron chi connectivity index (χ3n) is 2.30. The van der Waals surface area contributed by atoms with Gasteiger partial charge in [0.2, 0.25) is 0 Å². The SMILES string of the molecule is CCCCSc1nc2ccccc2nc1N. The van der Waals surface area contributed by atoms with Gasteiger partial charge in [-0.25, -0.2) is 9.97 Å². The minimum Gasteiger partial charge on any atom is -0.381 e. The lowest BCUT2D eigenvalue weighted by molar-refractivity contribution is 0.895. The highest BCUT2D eigenvalue weighted by Crippen LogP contribution is 2.24. The molecular formula is C12H15N3S. The Kier molecular flexibility index (Phi) is 3.62. The van der Waals surface area contributed by atoms with Crippen LogP contribution < -0.4 is 5.73 Å². The standard InChI is InChI=1S/C12H15N3S/c1-2-3-8-16-12-11(13)14-9-6-4-5-7-10(9)15-12/h4-7H,2-3,8H2,1H3,(H2,13,14). The van der Waals surface area contributed by atoms with Gasteiger partial charge in [-0.15, -0.1) is 11.8 Å². The van der Waals surface area contributed by atoms with Gasteiger partial charge in [0.1, 0.15) is 5.03 Å². The molecule has 0 atom stereocenters. The maximum absolute atomic E-state index is 5.87. The van der Waals surface area contributed by atoms with Crippen molar-refractivity contribution in [3.05, 3.63) is 24.3 Å². The van der Waals surface area contributed by atoms with Gasteiger partial charge in [-0.05, 0) is 24.3 Å². The number of nitrogens with two attached hydrogens (primary N) is 1. The van der Waals surface area contributed by atoms with Crippen molar-refractivity contribution in [2.75, 3.05) is 11.5 Å². The number of benzene rings is 1. The number of hydrogen-bond acceptors (Lipinski definition) is 4. The van der Waals surface area contributed by atoms with Crippen molar-refractivity contribution in [1.29, 1.82) is 0 Å². The topological polar surface area (TPSA) is 51.8 Å². The predicted molar refractivity (Wildman–Crippen MR) is 69.6 cm³/mol. The molecule has 0 saturated heterocycles. The largest absolute Gasteiger partial charge is 0.381 e. The van der Waals surface area contributed by atoms with E-state index in [1.165, 1.54) is 12.8 Å². The fourth-order valence-electron chi connectivity index (χ4n) is 1.42. The quantitative estimate of drug-likeness (QED) is 0.651. The van der Waals surface area contributed by atoms with E-state index in [9.17, 15) is 0 Å². The fraction of sp³-hybridized carbons (Fsp3) is 0.333. The lowest BCUT2D eigenvalue weighted by Gasteiger charge is -2.05. The van der Waals surface area contributed by atoms with Gasteiger partial charge in [0.05, 0.1) is 11.0 Å². The summed E-state index contributed by atoms with van der Waals surface area (Å²) in [5.74, 6) is 1.59. The molecular weight excluding hydrogens is 218 g/mol. The van der Waals surface area contributed by atoms with E-state index >= 15 is 0 Å². The molecule has 3 nitrogen and oxygen atoms in total. The molecule has 1 heterocycles. The van der Waals surface area contributed by atoms with Crippen LogP contribution in [-0.4, -0.2) is 15.7 Å². The molecule has 0 bridgehead atoms. The van der Waals surface area contributed by atoms with Crippen LogP contribution >= 0.6 is 11.8 Å². The van der Waals surface area contributed by atoms with E-state index in [1.807, 2.05) is 24.3 Å². The number of hydrogen-bond donors (Lipinski definition) is 1. The smallest absolute Gasteiger partial charge is 0.156 e. The Morgan fingerprint density at radius 2 is 1.88 bits per heavy atom. The molecule has 0 saturated carbocycles. The lowest BCUT2D eigenvalue weighted by atomic mass is 10.3. The first-order chi connectivity index (χ1) is 7.81. The molecule has 4 heteroatoms. The molecule has 1 aromatic heterocycles. The van der Waals surface area contributed by atoms with Gasteiger partial charge in [0.15, 0.2) is 5.82 Å². The van der Waals surface area contributed by atoms with Gasteiger partial charge in [0, 0.05) is 0 Å². The molecule has 2 N–H and O–H groups in total. The number of rotatable bonds is 4. The summed E-state index contributed by atoms with van der Waals surface area (Å²) in [6, 6.07) is 7.80. The Morgan fingerprint density at radius 3 is 2.56 bits per heavy atom. The summed E-state index contributed by atoms with van der Waals surface area (Å²) in [7, 11) is 0. The highest BCUT2D eigenvalue weighted by atomic mass is 32.2. The van der Waals surface area contributed by atoms with E-state index in [2.05, 4.69) is 16.9 Å². The fourth-order valence-corrected chi connectivity index (χ4v) is 2.40. The first-order valence-electron chi connectivity index (χ1n) is 5.46. The first kappa shape index (κ1) is 11.2. The van der Waals surface area contributed by atoms with Gasteiger partial charge < -0.3 is 5.73 Å². The number of nitrogens with zero attached hydrogens (tertiary/aromatic N) is 2. The van der Waals surface area contributed by atoms with Crippen molar-refractivity contribution >= 4 is 28.6 Å². The van der Waals surface area contributed by atoms with Crippen LogP contribution in [0.5, 0.6) is 0 Å². The monoisotopic (exact) mass is 233 g/mol. The van der Waals surface area contributed by atoms with Gasteiger partial charge in [-0.3, -0.25) is 0 Å². The van der Waals surface area contributed by atoms with Crippen molar-refractivity contribution in [2.45, 2.75) is 24.8 Å². The number of fused-ring (bicyclic) bond motifs is 1. The molecule has 16 heavy (non-hydrogen) atoms. The van der Waals surface area contributed by atoms with Crippen LogP contribution in [0.1, 0.15) is 19.8 Å². The maximum Gasteiger partial charge on any atom is 0.156 e. The summed E-state index contributed by atoms with van der Waals surface area (Å²) in [5, 5.41) is 0.854. The van der Waals surface area contributed by atoms with E-state index in [4.69, 9.17) is 5.73 Å². The summed E-state index contributed by atoms with van der Waals surface area (Å²) >= 11 is 1.69. The third kappa shape index (κ3) is 2.44. The van der Waals surface area contributed by atoms with Gasteiger partial charge >= 0.3 is 0 Å². The van der Waals surface area contributed by atoms with E-state index < -0.39 is 0 Å². The van der Waals surface area contributed by atoms with E-state index in [1.54, 1.807) is 11.8 Å². The number of nitrogen functional groups attached to an aromatic ring is 1. The van der Waals surface area contributed by atoms with Crippen LogP contribution in [0.2, 0.25) is 0 Å². The van der Waals surface area contributed by atoms with Crippen molar-refractivity contribution in [2.24, 2.45) is 0 Å². The summed E-state index contributed by atoms with van der Waals surface area (Å²) in [6.07, 6.45) is 2.37. The maximum atomic E-state index is 5.87. The second-order valence-electron chi connectivity index (χ2n) is 3.60. The Bertz CT molecular complexity index is 485. The molecule has 2 rings (SSSR count). The summed E-state index contributed by atoms with van der Waals surface area (Å²) in [4.78, 5) is 8.87. The van der Waals surface area contributed by atoms with Crippen LogP contribution in [0, 0.1) is 0 Å². The zero-order valence-electron chi connectivity index (χ0n) is 9.31. The average molecular weight is 233 g/mol. The molecule has 0 amide bonds. The van der Waals surface area contributed by atoms with Crippen LogP contribution in [0.15, 0.2) is 29.3 Å². The second kappa shape index (κ2) is 5.16. The number of anilines is 1. The van der Waals surface area contributed by atoms with Crippen LogP contribution in [0.3, 0.4) is 0 Å². The first-order valence-corrected chi connectivity index (χ1v) is 6.45. The zero-order valence-corrected chi connectivity index (χ0v) is 10.1. The zero-order chi connectivity index (χ0) is 11.4. The Labute approximate surface area is 99.5 Å². The van der Waals surface area contributed by atoms with E-state index in [-0.39, 0.29) is 0 Å². The second-order valence-corrected chi connectivity index (χ2v) is 4.69. The highest BCUT2D eigenvalue weighted by molar-refractivity contribution is 7.99. The molecule has 1 aromatic carbocycles. The lowest BCUT2D eigenvalue weighted by Crippen LogP contribution is -1.97. The van der Waals surface area contributed by atoms with Crippen LogP contribution in [-0.2, 0) is 0 Å².